The van der Waals surface area contributed by atoms with Gasteiger partial charge in [0.25, 0.3) is 0 Å². The average Bonchev–Trinajstić information content (AvgIpc) is 2.86. The van der Waals surface area contributed by atoms with Crippen LogP contribution in [0, 0.1) is 0 Å². The van der Waals surface area contributed by atoms with Crippen molar-refractivity contribution in [1.82, 2.24) is 4.90 Å². The molecule has 2 aliphatic rings. The van der Waals surface area contributed by atoms with E-state index in [0.717, 1.165) is 58.5 Å². The number of fused-ring (bicyclic) bond motifs is 1. The quantitative estimate of drug-likeness (QED) is 0.896. The van der Waals surface area contributed by atoms with Crippen molar-refractivity contribution >= 4 is 0 Å². The van der Waals surface area contributed by atoms with Gasteiger partial charge in [-0.15, -0.1) is 0 Å². The molecular formula is C17H26N2O. The van der Waals surface area contributed by atoms with E-state index in [1.54, 1.807) is 0 Å². The summed E-state index contributed by atoms with van der Waals surface area (Å²) in [5.74, 6) is 0. The molecule has 1 atom stereocenters. The maximum absolute atomic E-state index is 6.20. The molecule has 110 valence electrons. The van der Waals surface area contributed by atoms with Gasteiger partial charge < -0.3 is 10.5 Å². The van der Waals surface area contributed by atoms with Crippen LogP contribution in [0.25, 0.3) is 0 Å². The Balaban J connectivity index is 1.77. The molecule has 1 unspecified atom stereocenters. The van der Waals surface area contributed by atoms with Gasteiger partial charge in [0.05, 0.1) is 0 Å². The predicted molar refractivity (Wildman–Crippen MR) is 81.9 cm³/mol. The molecule has 2 N–H and O–H groups in total. The molecule has 2 heterocycles. The molecule has 20 heavy (non-hydrogen) atoms. The van der Waals surface area contributed by atoms with Gasteiger partial charge in [0, 0.05) is 38.4 Å². The monoisotopic (exact) mass is 274 g/mol. The van der Waals surface area contributed by atoms with Crippen LogP contribution in [0.2, 0.25) is 0 Å². The molecule has 0 saturated carbocycles. The number of rotatable bonds is 2. The molecule has 1 aromatic carbocycles. The minimum Gasteiger partial charge on any atom is -0.381 e. The highest BCUT2D eigenvalue weighted by Crippen LogP contribution is 2.30. The molecule has 3 heteroatoms. The second-order valence-corrected chi connectivity index (χ2v) is 6.15. The molecule has 2 aliphatic heterocycles. The predicted octanol–water partition coefficient (Wildman–Crippen LogP) is 1.99. The van der Waals surface area contributed by atoms with Crippen LogP contribution in [0.3, 0.4) is 0 Å². The van der Waals surface area contributed by atoms with E-state index in [0.29, 0.717) is 0 Å². The zero-order valence-corrected chi connectivity index (χ0v) is 12.3. The molecule has 0 amide bonds. The summed E-state index contributed by atoms with van der Waals surface area (Å²) in [6, 6.07) is 8.88. The lowest BCUT2D eigenvalue weighted by atomic mass is 9.88. The lowest BCUT2D eigenvalue weighted by Crippen LogP contribution is -2.55. The van der Waals surface area contributed by atoms with Crippen LogP contribution in [0.15, 0.2) is 24.3 Å². The minimum absolute atomic E-state index is 0.165. The highest BCUT2D eigenvalue weighted by Gasteiger charge is 2.36. The van der Waals surface area contributed by atoms with Crippen LogP contribution in [0.1, 0.15) is 30.4 Å². The first-order chi connectivity index (χ1) is 9.84. The van der Waals surface area contributed by atoms with E-state index >= 15 is 0 Å². The first kappa shape index (κ1) is 14.1. The van der Waals surface area contributed by atoms with Crippen molar-refractivity contribution in [2.24, 2.45) is 5.73 Å². The van der Waals surface area contributed by atoms with Gasteiger partial charge in [-0.05, 0) is 43.2 Å². The molecule has 0 aliphatic carbocycles. The van der Waals surface area contributed by atoms with Crippen molar-refractivity contribution < 1.29 is 4.74 Å². The third-order valence-electron chi connectivity index (χ3n) is 5.11. The van der Waals surface area contributed by atoms with Crippen molar-refractivity contribution in [1.29, 1.82) is 0 Å². The fraction of sp³-hybridized carbons (Fsp3) is 0.647. The second kappa shape index (κ2) is 6.25. The zero-order chi connectivity index (χ0) is 13.8. The topological polar surface area (TPSA) is 38.5 Å². The van der Waals surface area contributed by atoms with E-state index in [4.69, 9.17) is 10.5 Å². The Kier molecular flexibility index (Phi) is 4.39. The van der Waals surface area contributed by atoms with E-state index in [9.17, 15) is 0 Å². The molecule has 3 rings (SSSR count). The highest BCUT2D eigenvalue weighted by atomic mass is 16.5. The van der Waals surface area contributed by atoms with Gasteiger partial charge >= 0.3 is 0 Å². The first-order valence-corrected chi connectivity index (χ1v) is 7.94. The zero-order valence-electron chi connectivity index (χ0n) is 12.3. The van der Waals surface area contributed by atoms with Crippen molar-refractivity contribution in [3.05, 3.63) is 35.4 Å². The normalized spacial score (nSPS) is 28.4. The summed E-state index contributed by atoms with van der Waals surface area (Å²) in [5, 5.41) is 0. The van der Waals surface area contributed by atoms with Gasteiger partial charge in [-0.2, -0.15) is 0 Å². The summed E-state index contributed by atoms with van der Waals surface area (Å²) < 4.78 is 5.65. The molecule has 3 nitrogen and oxygen atoms in total. The lowest BCUT2D eigenvalue weighted by molar-refractivity contribution is 0.0706. The first-order valence-electron chi connectivity index (χ1n) is 7.94. The fourth-order valence-electron chi connectivity index (χ4n) is 3.78. The van der Waals surface area contributed by atoms with Crippen LogP contribution in [0.4, 0.5) is 0 Å². The standard InChI is InChI=1S/C17H26N2O/c18-14-17(8-3-12-20-13-9-17)19-10-6-15-4-1-2-5-16(15)7-11-19/h1-2,4-5H,3,6-14,18H2. The molecule has 0 spiro atoms. The smallest absolute Gasteiger partial charge is 0.0484 e. The van der Waals surface area contributed by atoms with Crippen molar-refractivity contribution in [3.8, 4) is 0 Å². The van der Waals surface area contributed by atoms with Crippen molar-refractivity contribution in [2.45, 2.75) is 37.6 Å². The van der Waals surface area contributed by atoms with Crippen LogP contribution in [-0.2, 0) is 17.6 Å². The Morgan fingerprint density at radius 3 is 2.40 bits per heavy atom. The van der Waals surface area contributed by atoms with Crippen LogP contribution >= 0.6 is 0 Å². The van der Waals surface area contributed by atoms with Crippen LogP contribution in [-0.4, -0.2) is 43.3 Å². The average molecular weight is 274 g/mol. The van der Waals surface area contributed by atoms with Gasteiger partial charge in [0.15, 0.2) is 0 Å². The van der Waals surface area contributed by atoms with Crippen LogP contribution in [0.5, 0.6) is 0 Å². The maximum Gasteiger partial charge on any atom is 0.0484 e. The highest BCUT2D eigenvalue weighted by molar-refractivity contribution is 5.28. The van der Waals surface area contributed by atoms with Gasteiger partial charge in [-0.1, -0.05) is 24.3 Å². The maximum atomic E-state index is 6.20. The third-order valence-corrected chi connectivity index (χ3v) is 5.11. The Hall–Kier alpha value is -0.900. The van der Waals surface area contributed by atoms with E-state index in [1.807, 2.05) is 0 Å². The van der Waals surface area contributed by atoms with Crippen molar-refractivity contribution in [2.75, 3.05) is 32.8 Å². The number of ether oxygens (including phenoxy) is 1. The second-order valence-electron chi connectivity index (χ2n) is 6.15. The van der Waals surface area contributed by atoms with Gasteiger partial charge in [0.1, 0.15) is 0 Å². The van der Waals surface area contributed by atoms with E-state index < -0.39 is 0 Å². The van der Waals surface area contributed by atoms with Crippen LogP contribution < -0.4 is 5.73 Å². The summed E-state index contributed by atoms with van der Waals surface area (Å²) in [7, 11) is 0. The number of hydrogen-bond acceptors (Lipinski definition) is 3. The number of hydrogen-bond donors (Lipinski definition) is 1. The minimum atomic E-state index is 0.165. The molecule has 1 fully saturated rings. The summed E-state index contributed by atoms with van der Waals surface area (Å²) >= 11 is 0. The van der Waals surface area contributed by atoms with Gasteiger partial charge in [0.2, 0.25) is 0 Å². The molecule has 0 radical (unpaired) electrons. The summed E-state index contributed by atoms with van der Waals surface area (Å²) in [6.07, 6.45) is 5.71. The number of nitrogens with two attached hydrogens (primary N) is 1. The molecule has 0 aromatic heterocycles. The summed E-state index contributed by atoms with van der Waals surface area (Å²) in [5.41, 5.74) is 9.40. The molecular weight excluding hydrogens is 248 g/mol. The molecule has 1 saturated heterocycles. The van der Waals surface area contributed by atoms with Gasteiger partial charge in [-0.3, -0.25) is 4.90 Å². The van der Waals surface area contributed by atoms with E-state index in [1.165, 1.54) is 17.5 Å². The Morgan fingerprint density at radius 1 is 1.05 bits per heavy atom. The van der Waals surface area contributed by atoms with E-state index in [-0.39, 0.29) is 5.54 Å². The third kappa shape index (κ3) is 2.76. The largest absolute Gasteiger partial charge is 0.381 e. The summed E-state index contributed by atoms with van der Waals surface area (Å²) in [4.78, 5) is 2.65. The van der Waals surface area contributed by atoms with Crippen molar-refractivity contribution in [3.63, 3.8) is 0 Å². The Labute approximate surface area is 122 Å². The Morgan fingerprint density at radius 2 is 1.75 bits per heavy atom. The van der Waals surface area contributed by atoms with Gasteiger partial charge in [-0.25, -0.2) is 0 Å². The number of benzene rings is 1. The SMILES string of the molecule is NCC1(N2CCc3ccccc3CC2)CCCOCC1. The lowest BCUT2D eigenvalue weighted by Gasteiger charge is -2.42. The Bertz CT molecular complexity index is 411. The summed E-state index contributed by atoms with van der Waals surface area (Å²) in [6.45, 7) is 4.78. The molecule has 1 aromatic rings. The fourth-order valence-corrected chi connectivity index (χ4v) is 3.78. The van der Waals surface area contributed by atoms with E-state index in [2.05, 4.69) is 29.2 Å². The number of nitrogens with zero attached hydrogens (tertiary/aromatic N) is 1. The molecule has 0 bridgehead atoms.